The molecule has 18 heavy (non-hydrogen) atoms. The number of sulfonamides is 1. The van der Waals surface area contributed by atoms with Crippen LogP contribution in [0, 0.1) is 0 Å². The van der Waals surface area contributed by atoms with Crippen LogP contribution in [0.4, 0.5) is 0 Å². The van der Waals surface area contributed by atoms with E-state index in [0.717, 1.165) is 11.3 Å². The highest BCUT2D eigenvalue weighted by Gasteiger charge is 2.27. The van der Waals surface area contributed by atoms with Gasteiger partial charge < -0.3 is 9.84 Å². The predicted molar refractivity (Wildman–Crippen MR) is 69.8 cm³/mol. The fourth-order valence-corrected chi connectivity index (χ4v) is 4.29. The summed E-state index contributed by atoms with van der Waals surface area (Å²) in [5.41, 5.74) is 0. The number of nitrogens with one attached hydrogen (secondary N) is 1. The minimum Gasteiger partial charge on any atom is -0.465 e. The predicted octanol–water partition coefficient (Wildman–Crippen LogP) is 0.713. The maximum atomic E-state index is 11.9. The molecule has 1 aromatic heterocycles. The molecular formula is C9H12BrNO5S2. The molecule has 0 spiro atoms. The Morgan fingerprint density at radius 1 is 1.61 bits per heavy atom. The van der Waals surface area contributed by atoms with Gasteiger partial charge in [-0.2, -0.15) is 4.72 Å². The van der Waals surface area contributed by atoms with Gasteiger partial charge in [-0.05, 0) is 35.0 Å². The molecule has 0 aromatic carbocycles. The van der Waals surface area contributed by atoms with Crippen molar-refractivity contribution in [2.45, 2.75) is 17.2 Å². The molecule has 0 aliphatic carbocycles. The summed E-state index contributed by atoms with van der Waals surface area (Å²) in [6.07, 6.45) is 0. The number of ether oxygens (including phenoxy) is 1. The molecule has 0 amide bonds. The van der Waals surface area contributed by atoms with E-state index >= 15 is 0 Å². The first-order valence-electron chi connectivity index (χ1n) is 4.96. The Bertz CT molecular complexity index is 513. The molecule has 102 valence electrons. The minimum atomic E-state index is -3.84. The third-order valence-corrected chi connectivity index (χ3v) is 5.45. The van der Waals surface area contributed by atoms with Gasteiger partial charge in [0.15, 0.2) is 0 Å². The Labute approximate surface area is 117 Å². The average molecular weight is 358 g/mol. The van der Waals surface area contributed by atoms with Gasteiger partial charge in [-0.3, -0.25) is 4.79 Å². The van der Waals surface area contributed by atoms with E-state index in [2.05, 4.69) is 25.4 Å². The van der Waals surface area contributed by atoms with Crippen LogP contribution in [-0.2, 0) is 19.6 Å². The van der Waals surface area contributed by atoms with Crippen molar-refractivity contribution in [2.75, 3.05) is 13.2 Å². The second kappa shape index (κ2) is 6.62. The lowest BCUT2D eigenvalue weighted by Crippen LogP contribution is -2.44. The highest BCUT2D eigenvalue weighted by Crippen LogP contribution is 2.25. The standard InChI is InChI=1S/C9H12BrNO5S2/c1-2-16-9(13)6(5-12)11-18(14,15)8-4-3-7(10)17-8/h3-4,6,11-12H,2,5H2,1H3/t6-/m1/s1. The topological polar surface area (TPSA) is 92.7 Å². The molecule has 6 nitrogen and oxygen atoms in total. The molecule has 0 saturated carbocycles. The van der Waals surface area contributed by atoms with E-state index in [1.807, 2.05) is 0 Å². The van der Waals surface area contributed by atoms with Crippen molar-refractivity contribution in [2.24, 2.45) is 0 Å². The van der Waals surface area contributed by atoms with Crippen molar-refractivity contribution >= 4 is 43.3 Å². The third-order valence-electron chi connectivity index (χ3n) is 1.86. The van der Waals surface area contributed by atoms with Crippen molar-refractivity contribution in [3.63, 3.8) is 0 Å². The van der Waals surface area contributed by atoms with E-state index in [-0.39, 0.29) is 10.8 Å². The van der Waals surface area contributed by atoms with Gasteiger partial charge in [0.2, 0.25) is 0 Å². The van der Waals surface area contributed by atoms with Crippen LogP contribution in [0.25, 0.3) is 0 Å². The first-order valence-corrected chi connectivity index (χ1v) is 8.05. The van der Waals surface area contributed by atoms with Gasteiger partial charge in [0, 0.05) is 0 Å². The molecule has 1 rings (SSSR count). The van der Waals surface area contributed by atoms with Gasteiger partial charge in [-0.1, -0.05) is 0 Å². The summed E-state index contributed by atoms with van der Waals surface area (Å²) in [5, 5.41) is 9.00. The SMILES string of the molecule is CCOC(=O)[C@@H](CO)NS(=O)(=O)c1ccc(Br)s1. The molecule has 9 heteroatoms. The molecule has 1 aromatic rings. The van der Waals surface area contributed by atoms with Gasteiger partial charge >= 0.3 is 5.97 Å². The number of aliphatic hydroxyl groups is 1. The van der Waals surface area contributed by atoms with Crippen LogP contribution in [-0.4, -0.2) is 38.7 Å². The number of halogens is 1. The minimum absolute atomic E-state index is 0.0529. The largest absolute Gasteiger partial charge is 0.465 e. The summed E-state index contributed by atoms with van der Waals surface area (Å²) in [7, 11) is -3.84. The summed E-state index contributed by atoms with van der Waals surface area (Å²) >= 11 is 4.15. The first-order chi connectivity index (χ1) is 8.40. The van der Waals surface area contributed by atoms with E-state index in [0.29, 0.717) is 3.79 Å². The second-order valence-corrected chi connectivity index (χ2v) is 7.57. The number of esters is 1. The van der Waals surface area contributed by atoms with Crippen LogP contribution in [0.1, 0.15) is 6.92 Å². The molecule has 0 aliphatic rings. The van der Waals surface area contributed by atoms with E-state index in [4.69, 9.17) is 5.11 Å². The molecule has 1 heterocycles. The van der Waals surface area contributed by atoms with E-state index < -0.39 is 28.6 Å². The van der Waals surface area contributed by atoms with Crippen molar-refractivity contribution in [1.29, 1.82) is 0 Å². The normalized spacial score (nSPS) is 13.3. The highest BCUT2D eigenvalue weighted by atomic mass is 79.9. The highest BCUT2D eigenvalue weighted by molar-refractivity contribution is 9.11. The molecule has 0 saturated heterocycles. The Hall–Kier alpha value is -0.480. The van der Waals surface area contributed by atoms with Crippen LogP contribution in [0.5, 0.6) is 0 Å². The van der Waals surface area contributed by atoms with Crippen LogP contribution in [0.2, 0.25) is 0 Å². The molecule has 0 radical (unpaired) electrons. The second-order valence-electron chi connectivity index (χ2n) is 3.17. The van der Waals surface area contributed by atoms with E-state index in [9.17, 15) is 13.2 Å². The number of carbonyl (C=O) groups is 1. The van der Waals surface area contributed by atoms with Crippen LogP contribution >= 0.6 is 27.3 Å². The fraction of sp³-hybridized carbons (Fsp3) is 0.444. The summed E-state index contributed by atoms with van der Waals surface area (Å²) in [6, 6.07) is 1.68. The molecule has 0 fully saturated rings. The zero-order valence-corrected chi connectivity index (χ0v) is 12.6. The lowest BCUT2D eigenvalue weighted by Gasteiger charge is -2.14. The van der Waals surface area contributed by atoms with Crippen LogP contribution < -0.4 is 4.72 Å². The third kappa shape index (κ3) is 4.02. The summed E-state index contributed by atoms with van der Waals surface area (Å²) in [4.78, 5) is 11.4. The fourth-order valence-electron chi connectivity index (χ4n) is 1.09. The smallest absolute Gasteiger partial charge is 0.326 e. The van der Waals surface area contributed by atoms with Crippen molar-refractivity contribution in [3.8, 4) is 0 Å². The Balaban J connectivity index is 2.84. The number of aliphatic hydroxyl groups excluding tert-OH is 1. The zero-order chi connectivity index (χ0) is 13.8. The Morgan fingerprint density at radius 3 is 2.72 bits per heavy atom. The number of carbonyl (C=O) groups excluding carboxylic acids is 1. The average Bonchev–Trinajstić information content (AvgIpc) is 2.74. The lowest BCUT2D eigenvalue weighted by molar-refractivity contribution is -0.146. The quantitative estimate of drug-likeness (QED) is 0.731. The summed E-state index contributed by atoms with van der Waals surface area (Å²) in [5.74, 6) is -0.806. The van der Waals surface area contributed by atoms with E-state index in [1.54, 1.807) is 13.0 Å². The number of thiophene rings is 1. The maximum Gasteiger partial charge on any atom is 0.326 e. The molecule has 0 unspecified atom stereocenters. The van der Waals surface area contributed by atoms with Crippen LogP contribution in [0.3, 0.4) is 0 Å². The Kier molecular flexibility index (Phi) is 5.73. The van der Waals surface area contributed by atoms with Gasteiger partial charge in [0.1, 0.15) is 10.3 Å². The van der Waals surface area contributed by atoms with Gasteiger partial charge in [-0.15, -0.1) is 11.3 Å². The van der Waals surface area contributed by atoms with Crippen molar-refractivity contribution < 1.29 is 23.1 Å². The summed E-state index contributed by atoms with van der Waals surface area (Å²) in [6.45, 7) is 1.05. The Morgan fingerprint density at radius 2 is 2.28 bits per heavy atom. The van der Waals surface area contributed by atoms with Gasteiger partial charge in [0.25, 0.3) is 10.0 Å². The number of hydrogen-bond acceptors (Lipinski definition) is 6. The van der Waals surface area contributed by atoms with Gasteiger partial charge in [-0.25, -0.2) is 8.42 Å². The lowest BCUT2D eigenvalue weighted by atomic mass is 10.3. The van der Waals surface area contributed by atoms with Crippen LogP contribution in [0.15, 0.2) is 20.1 Å². The van der Waals surface area contributed by atoms with Gasteiger partial charge in [0.05, 0.1) is 17.0 Å². The van der Waals surface area contributed by atoms with Crippen molar-refractivity contribution in [3.05, 3.63) is 15.9 Å². The molecule has 1 atom stereocenters. The summed E-state index contributed by atoms with van der Waals surface area (Å²) < 4.78 is 31.2. The maximum absolute atomic E-state index is 11.9. The van der Waals surface area contributed by atoms with E-state index in [1.165, 1.54) is 6.07 Å². The first kappa shape index (κ1) is 15.6. The molecule has 2 N–H and O–H groups in total. The number of hydrogen-bond donors (Lipinski definition) is 2. The molecular weight excluding hydrogens is 346 g/mol. The monoisotopic (exact) mass is 357 g/mol. The molecule has 0 aliphatic heterocycles. The zero-order valence-electron chi connectivity index (χ0n) is 9.42. The van der Waals surface area contributed by atoms with Crippen molar-refractivity contribution in [1.82, 2.24) is 4.72 Å². The molecule has 0 bridgehead atoms. The number of rotatable bonds is 6.